The minimum absolute atomic E-state index is 0.0116. The first-order chi connectivity index (χ1) is 12.0. The van der Waals surface area contributed by atoms with Crippen molar-refractivity contribution in [3.05, 3.63) is 41.5 Å². The largest absolute Gasteiger partial charge is 0.480 e. The number of carboxylic acids is 1. The van der Waals surface area contributed by atoms with Gasteiger partial charge >= 0.3 is 5.97 Å². The molecule has 0 bridgehead atoms. The van der Waals surface area contributed by atoms with E-state index in [1.165, 1.54) is 6.33 Å². The summed E-state index contributed by atoms with van der Waals surface area (Å²) in [5.41, 5.74) is 2.15. The number of benzene rings is 1. The Kier molecular flexibility index (Phi) is 4.99. The highest BCUT2D eigenvalue weighted by Gasteiger charge is 2.26. The van der Waals surface area contributed by atoms with Crippen molar-refractivity contribution >= 4 is 33.3 Å². The summed E-state index contributed by atoms with van der Waals surface area (Å²) < 4.78 is 0. The molecule has 0 aliphatic heterocycles. The average Bonchev–Trinajstić information content (AvgIpc) is 2.96. The van der Waals surface area contributed by atoms with Crippen LogP contribution in [0.1, 0.15) is 25.1 Å². The summed E-state index contributed by atoms with van der Waals surface area (Å²) in [5.74, 6) is -0.294. The molecule has 1 aromatic carbocycles. The maximum Gasteiger partial charge on any atom is 0.326 e. The summed E-state index contributed by atoms with van der Waals surface area (Å²) in [6, 6.07) is 9.38. The van der Waals surface area contributed by atoms with Crippen LogP contribution in [0.3, 0.4) is 0 Å². The lowest BCUT2D eigenvalue weighted by Crippen LogP contribution is -2.35. The third-order valence-corrected chi connectivity index (χ3v) is 5.51. The third-order valence-electron chi connectivity index (χ3n) is 4.50. The van der Waals surface area contributed by atoms with Gasteiger partial charge in [-0.05, 0) is 18.4 Å². The molecule has 3 aromatic rings. The quantitative estimate of drug-likeness (QED) is 0.677. The van der Waals surface area contributed by atoms with E-state index >= 15 is 0 Å². The molecule has 2 atom stereocenters. The van der Waals surface area contributed by atoms with Gasteiger partial charge in [0.15, 0.2) is 0 Å². The predicted molar refractivity (Wildman–Crippen MR) is 102 cm³/mol. The van der Waals surface area contributed by atoms with E-state index in [4.69, 9.17) is 0 Å². The van der Waals surface area contributed by atoms with Crippen molar-refractivity contribution in [3.63, 3.8) is 0 Å². The Labute approximate surface area is 150 Å². The number of carbonyl (C=O) groups is 1. The van der Waals surface area contributed by atoms with Gasteiger partial charge < -0.3 is 10.4 Å². The molecule has 0 radical (unpaired) electrons. The summed E-state index contributed by atoms with van der Waals surface area (Å²) in [6.07, 6.45) is 2.26. The lowest BCUT2D eigenvalue weighted by atomic mass is 9.98. The molecule has 0 saturated carbocycles. The zero-order chi connectivity index (χ0) is 18.0. The smallest absolute Gasteiger partial charge is 0.326 e. The van der Waals surface area contributed by atoms with Gasteiger partial charge in [0.05, 0.1) is 5.39 Å². The number of fused-ring (bicyclic) bond motifs is 1. The van der Waals surface area contributed by atoms with Crippen LogP contribution >= 0.6 is 11.3 Å². The number of hydrogen-bond donors (Lipinski definition) is 2. The minimum atomic E-state index is -0.866. The topological polar surface area (TPSA) is 75.1 Å². The molecule has 3 rings (SSSR count). The predicted octanol–water partition coefficient (Wildman–Crippen LogP) is 4.58. The molecule has 6 heteroatoms. The van der Waals surface area contributed by atoms with Crippen molar-refractivity contribution in [1.82, 2.24) is 9.97 Å². The van der Waals surface area contributed by atoms with E-state index in [-0.39, 0.29) is 5.92 Å². The second-order valence-electron chi connectivity index (χ2n) is 6.15. The standard InChI is InChI=1S/C19H21N3O2S/c1-4-11(2)16(19(23)24)22-17-15-14(13-8-6-5-7-9-13)12(3)25-18(15)21-10-20-17/h5-11,16H,4H2,1-3H3,(H,23,24)(H,20,21,22). The lowest BCUT2D eigenvalue weighted by molar-refractivity contribution is -0.139. The normalized spacial score (nSPS) is 13.6. The van der Waals surface area contributed by atoms with Gasteiger partial charge in [-0.25, -0.2) is 14.8 Å². The highest BCUT2D eigenvalue weighted by Crippen LogP contribution is 2.40. The first-order valence-electron chi connectivity index (χ1n) is 8.31. The van der Waals surface area contributed by atoms with E-state index in [1.807, 2.05) is 32.0 Å². The number of nitrogens with zero attached hydrogens (tertiary/aromatic N) is 2. The van der Waals surface area contributed by atoms with Crippen LogP contribution in [0.5, 0.6) is 0 Å². The Balaban J connectivity index is 2.15. The van der Waals surface area contributed by atoms with Gasteiger partial charge in [-0.2, -0.15) is 0 Å². The van der Waals surface area contributed by atoms with Crippen molar-refractivity contribution < 1.29 is 9.90 Å². The van der Waals surface area contributed by atoms with Gasteiger partial charge in [0.2, 0.25) is 0 Å². The Morgan fingerprint density at radius 3 is 2.64 bits per heavy atom. The van der Waals surface area contributed by atoms with Crippen LogP contribution in [-0.2, 0) is 4.79 Å². The highest BCUT2D eigenvalue weighted by atomic mass is 32.1. The van der Waals surface area contributed by atoms with Gasteiger partial charge in [0, 0.05) is 10.4 Å². The van der Waals surface area contributed by atoms with Crippen molar-refractivity contribution in [3.8, 4) is 11.1 Å². The Morgan fingerprint density at radius 2 is 2.00 bits per heavy atom. The van der Waals surface area contributed by atoms with Gasteiger partial charge in [-0.3, -0.25) is 0 Å². The second kappa shape index (κ2) is 7.19. The summed E-state index contributed by atoms with van der Waals surface area (Å²) in [5, 5.41) is 13.6. The van der Waals surface area contributed by atoms with Crippen molar-refractivity contribution in [2.45, 2.75) is 33.2 Å². The van der Waals surface area contributed by atoms with E-state index in [1.54, 1.807) is 11.3 Å². The summed E-state index contributed by atoms with van der Waals surface area (Å²) >= 11 is 1.60. The van der Waals surface area contributed by atoms with E-state index in [9.17, 15) is 9.90 Å². The van der Waals surface area contributed by atoms with Crippen LogP contribution in [0.2, 0.25) is 0 Å². The first-order valence-corrected chi connectivity index (χ1v) is 9.13. The van der Waals surface area contributed by atoms with E-state index in [0.717, 1.165) is 32.6 Å². The van der Waals surface area contributed by atoms with E-state index in [0.29, 0.717) is 5.82 Å². The molecule has 2 aromatic heterocycles. The van der Waals surface area contributed by atoms with Crippen LogP contribution in [0.25, 0.3) is 21.3 Å². The van der Waals surface area contributed by atoms with Crippen molar-refractivity contribution in [2.75, 3.05) is 5.32 Å². The third kappa shape index (κ3) is 3.35. The summed E-state index contributed by atoms with van der Waals surface area (Å²) in [4.78, 5) is 22.5. The maximum atomic E-state index is 11.7. The molecule has 0 aliphatic carbocycles. The molecule has 0 saturated heterocycles. The minimum Gasteiger partial charge on any atom is -0.480 e. The number of aliphatic carboxylic acids is 1. The molecule has 0 spiro atoms. The number of rotatable bonds is 6. The number of nitrogens with one attached hydrogen (secondary N) is 1. The fourth-order valence-corrected chi connectivity index (χ4v) is 3.95. The molecule has 5 nitrogen and oxygen atoms in total. The monoisotopic (exact) mass is 355 g/mol. The molecule has 2 heterocycles. The van der Waals surface area contributed by atoms with Gasteiger partial charge in [-0.1, -0.05) is 50.6 Å². The molecule has 0 amide bonds. The van der Waals surface area contributed by atoms with Crippen molar-refractivity contribution in [2.24, 2.45) is 5.92 Å². The number of thiophene rings is 1. The lowest BCUT2D eigenvalue weighted by Gasteiger charge is -2.21. The van der Waals surface area contributed by atoms with Crippen LogP contribution in [0, 0.1) is 12.8 Å². The summed E-state index contributed by atoms with van der Waals surface area (Å²) in [6.45, 7) is 5.98. The molecule has 130 valence electrons. The molecule has 2 unspecified atom stereocenters. The van der Waals surface area contributed by atoms with Gasteiger partial charge in [0.25, 0.3) is 0 Å². The van der Waals surface area contributed by atoms with Crippen molar-refractivity contribution in [1.29, 1.82) is 0 Å². The molecule has 0 fully saturated rings. The number of hydrogen-bond acceptors (Lipinski definition) is 5. The Bertz CT molecular complexity index is 892. The van der Waals surface area contributed by atoms with E-state index < -0.39 is 12.0 Å². The molecule has 2 N–H and O–H groups in total. The van der Waals surface area contributed by atoms with Gasteiger partial charge in [0.1, 0.15) is 23.0 Å². The molecular formula is C19H21N3O2S. The number of aryl methyl sites for hydroxylation is 1. The number of carboxylic acid groups (broad SMARTS) is 1. The first kappa shape index (κ1) is 17.4. The zero-order valence-electron chi connectivity index (χ0n) is 14.5. The fourth-order valence-electron chi connectivity index (χ4n) is 2.94. The Hall–Kier alpha value is -2.47. The van der Waals surface area contributed by atoms with Crippen LogP contribution < -0.4 is 5.32 Å². The maximum absolute atomic E-state index is 11.7. The molecular weight excluding hydrogens is 334 g/mol. The SMILES string of the molecule is CCC(C)C(Nc1ncnc2sc(C)c(-c3ccccc3)c12)C(=O)O. The van der Waals surface area contributed by atoms with Crippen LogP contribution in [0.4, 0.5) is 5.82 Å². The molecule has 25 heavy (non-hydrogen) atoms. The zero-order valence-corrected chi connectivity index (χ0v) is 15.3. The Morgan fingerprint density at radius 1 is 1.28 bits per heavy atom. The number of aromatic nitrogens is 2. The summed E-state index contributed by atoms with van der Waals surface area (Å²) in [7, 11) is 0. The average molecular weight is 355 g/mol. The fraction of sp³-hybridized carbons (Fsp3) is 0.316. The number of anilines is 1. The molecule has 0 aliphatic rings. The van der Waals surface area contributed by atoms with Crippen LogP contribution in [-0.4, -0.2) is 27.1 Å². The van der Waals surface area contributed by atoms with Gasteiger partial charge in [-0.15, -0.1) is 11.3 Å². The van der Waals surface area contributed by atoms with Crippen LogP contribution in [0.15, 0.2) is 36.7 Å². The second-order valence-corrected chi connectivity index (χ2v) is 7.35. The highest BCUT2D eigenvalue weighted by molar-refractivity contribution is 7.19. The van der Waals surface area contributed by atoms with E-state index in [2.05, 4.69) is 34.3 Å².